The molecule has 2 heterocycles. The number of nitrogens with one attached hydrogen (secondary N) is 1. The van der Waals surface area contributed by atoms with Gasteiger partial charge < -0.3 is 4.74 Å². The van der Waals surface area contributed by atoms with Crippen LogP contribution in [0.25, 0.3) is 17.0 Å². The number of sulfonamides is 1. The molecule has 2 aromatic heterocycles. The predicted octanol–water partition coefficient (Wildman–Crippen LogP) is 4.36. The molecule has 0 amide bonds. The van der Waals surface area contributed by atoms with Gasteiger partial charge in [-0.05, 0) is 43.3 Å². The van der Waals surface area contributed by atoms with Crippen LogP contribution in [0.1, 0.15) is 6.92 Å². The van der Waals surface area contributed by atoms with Gasteiger partial charge >= 0.3 is 0 Å². The quantitative estimate of drug-likeness (QED) is 0.450. The summed E-state index contributed by atoms with van der Waals surface area (Å²) in [6.45, 7) is 2.17. The van der Waals surface area contributed by atoms with Gasteiger partial charge in [0.05, 0.1) is 12.3 Å². The second kappa shape index (κ2) is 7.84. The van der Waals surface area contributed by atoms with Gasteiger partial charge in [0.1, 0.15) is 10.6 Å². The Morgan fingerprint density at radius 2 is 2.03 bits per heavy atom. The fraction of sp³-hybridized carbons (Fsp3) is 0.100. The van der Waals surface area contributed by atoms with E-state index in [1.54, 1.807) is 43.5 Å². The summed E-state index contributed by atoms with van der Waals surface area (Å²) in [5.74, 6) is 0.870. The fourth-order valence-electron chi connectivity index (χ4n) is 2.89. The van der Waals surface area contributed by atoms with Gasteiger partial charge in [0.25, 0.3) is 10.0 Å². The molecule has 0 radical (unpaired) electrons. The lowest BCUT2D eigenvalue weighted by atomic mass is 10.1. The van der Waals surface area contributed by atoms with Gasteiger partial charge in [-0.1, -0.05) is 28.1 Å². The van der Waals surface area contributed by atoms with E-state index in [2.05, 4.69) is 30.6 Å². The molecule has 1 N–H and O–H groups in total. The summed E-state index contributed by atoms with van der Waals surface area (Å²) >= 11 is 3.32. The normalized spacial score (nSPS) is 11.5. The van der Waals surface area contributed by atoms with Crippen molar-refractivity contribution in [1.82, 2.24) is 14.4 Å². The van der Waals surface area contributed by atoms with E-state index in [9.17, 15) is 8.42 Å². The maximum Gasteiger partial charge on any atom is 0.265 e. The predicted molar refractivity (Wildman–Crippen MR) is 115 cm³/mol. The second-order valence-electron chi connectivity index (χ2n) is 6.16. The average molecular weight is 473 g/mol. The van der Waals surface area contributed by atoms with Crippen LogP contribution in [0, 0.1) is 0 Å². The minimum absolute atomic E-state index is 0.0658. The molecule has 148 valence electrons. The molecule has 7 nitrogen and oxygen atoms in total. The highest BCUT2D eigenvalue weighted by molar-refractivity contribution is 9.10. The number of nitrogens with zero attached hydrogens (tertiary/aromatic N) is 3. The van der Waals surface area contributed by atoms with Crippen molar-refractivity contribution in [2.75, 3.05) is 11.3 Å². The number of hydrogen-bond acceptors (Lipinski definition) is 5. The summed E-state index contributed by atoms with van der Waals surface area (Å²) in [6.07, 6.45) is 5.37. The maximum absolute atomic E-state index is 13.0. The molecule has 0 saturated heterocycles. The van der Waals surface area contributed by atoms with Crippen molar-refractivity contribution >= 4 is 37.4 Å². The van der Waals surface area contributed by atoms with Crippen molar-refractivity contribution in [2.45, 2.75) is 11.8 Å². The molecule has 2 aromatic carbocycles. The number of ether oxygens (including phenoxy) is 1. The Morgan fingerprint density at radius 3 is 2.83 bits per heavy atom. The Hall–Kier alpha value is -2.91. The number of benzene rings is 2. The van der Waals surface area contributed by atoms with Gasteiger partial charge in [-0.3, -0.25) is 9.12 Å². The first-order valence-corrected chi connectivity index (χ1v) is 11.1. The maximum atomic E-state index is 13.0. The van der Waals surface area contributed by atoms with E-state index in [-0.39, 0.29) is 4.90 Å². The average Bonchev–Trinajstić information content (AvgIpc) is 3.14. The first-order valence-electron chi connectivity index (χ1n) is 8.81. The summed E-state index contributed by atoms with van der Waals surface area (Å²) in [5, 5.41) is 0. The number of anilines is 1. The lowest BCUT2D eigenvalue weighted by molar-refractivity contribution is 0.331. The highest BCUT2D eigenvalue weighted by atomic mass is 79.9. The van der Waals surface area contributed by atoms with Crippen molar-refractivity contribution in [2.24, 2.45) is 0 Å². The molecule has 0 spiro atoms. The fourth-order valence-corrected chi connectivity index (χ4v) is 4.62. The zero-order valence-electron chi connectivity index (χ0n) is 15.4. The van der Waals surface area contributed by atoms with E-state index in [1.807, 2.05) is 28.9 Å². The Kier molecular flexibility index (Phi) is 5.25. The van der Waals surface area contributed by atoms with E-state index >= 15 is 0 Å². The number of fused-ring (bicyclic) bond motifs is 1. The number of hydrogen-bond donors (Lipinski definition) is 1. The topological polar surface area (TPSA) is 85.6 Å². The summed E-state index contributed by atoms with van der Waals surface area (Å²) in [5.41, 5.74) is 1.90. The van der Waals surface area contributed by atoms with Gasteiger partial charge in [-0.15, -0.1) is 0 Å². The summed E-state index contributed by atoms with van der Waals surface area (Å²) in [7, 11) is -3.86. The first-order chi connectivity index (χ1) is 14.0. The van der Waals surface area contributed by atoms with Gasteiger partial charge in [0.15, 0.2) is 0 Å². The van der Waals surface area contributed by atoms with Crippen LogP contribution in [0.4, 0.5) is 5.69 Å². The number of aromatic nitrogens is 3. The Bertz CT molecular complexity index is 1250. The largest absolute Gasteiger partial charge is 0.492 e. The standard InChI is InChI=1S/C20H17BrN4O3S/c1-2-28-18-8-7-15(21)12-19(18)29(26,27)24-16-6-3-5-14(11-16)17-13-25-10-4-9-22-20(25)23-17/h3-13,24H,2H2,1H3. The molecule has 0 aliphatic rings. The van der Waals surface area contributed by atoms with Crippen LogP contribution in [0.3, 0.4) is 0 Å². The minimum Gasteiger partial charge on any atom is -0.492 e. The monoisotopic (exact) mass is 472 g/mol. The molecule has 0 aliphatic heterocycles. The van der Waals surface area contributed by atoms with E-state index in [1.165, 1.54) is 6.07 Å². The van der Waals surface area contributed by atoms with E-state index in [0.717, 1.165) is 5.56 Å². The number of halogens is 1. The molecule has 29 heavy (non-hydrogen) atoms. The van der Waals surface area contributed by atoms with Gasteiger partial charge in [0.2, 0.25) is 5.78 Å². The highest BCUT2D eigenvalue weighted by Crippen LogP contribution is 2.30. The lowest BCUT2D eigenvalue weighted by Crippen LogP contribution is -2.14. The molecule has 0 fully saturated rings. The smallest absolute Gasteiger partial charge is 0.265 e. The van der Waals surface area contributed by atoms with E-state index < -0.39 is 10.0 Å². The van der Waals surface area contributed by atoms with Crippen LogP contribution in [0.15, 0.2) is 76.5 Å². The minimum atomic E-state index is -3.86. The molecule has 0 aliphatic carbocycles. The van der Waals surface area contributed by atoms with Crippen LogP contribution in [0.5, 0.6) is 5.75 Å². The van der Waals surface area contributed by atoms with Crippen LogP contribution in [0.2, 0.25) is 0 Å². The molecule has 0 bridgehead atoms. The van der Waals surface area contributed by atoms with Crippen molar-refractivity contribution in [3.05, 3.63) is 71.6 Å². The summed E-state index contributed by atoms with van der Waals surface area (Å²) in [6, 6.07) is 13.8. The van der Waals surface area contributed by atoms with Crippen molar-refractivity contribution < 1.29 is 13.2 Å². The van der Waals surface area contributed by atoms with Gasteiger partial charge in [-0.25, -0.2) is 18.4 Å². The zero-order chi connectivity index (χ0) is 20.4. The SMILES string of the molecule is CCOc1ccc(Br)cc1S(=O)(=O)Nc1cccc(-c2cn3cccnc3n2)c1. The third kappa shape index (κ3) is 4.10. The van der Waals surface area contributed by atoms with E-state index in [0.29, 0.717) is 34.0 Å². The van der Waals surface area contributed by atoms with Crippen LogP contribution < -0.4 is 9.46 Å². The van der Waals surface area contributed by atoms with Gasteiger partial charge in [0, 0.05) is 34.3 Å². The molecule has 0 unspecified atom stereocenters. The highest BCUT2D eigenvalue weighted by Gasteiger charge is 2.21. The van der Waals surface area contributed by atoms with Crippen molar-refractivity contribution in [3.63, 3.8) is 0 Å². The molecule has 4 rings (SSSR count). The molecular formula is C20H17BrN4O3S. The summed E-state index contributed by atoms with van der Waals surface area (Å²) < 4.78 is 36.6. The molecule has 0 atom stereocenters. The van der Waals surface area contributed by atoms with Crippen LogP contribution in [-0.4, -0.2) is 29.4 Å². The Morgan fingerprint density at radius 1 is 1.17 bits per heavy atom. The van der Waals surface area contributed by atoms with E-state index in [4.69, 9.17) is 4.74 Å². The number of rotatable bonds is 6. The van der Waals surface area contributed by atoms with Crippen molar-refractivity contribution in [1.29, 1.82) is 0 Å². The second-order valence-corrected chi connectivity index (χ2v) is 8.73. The van der Waals surface area contributed by atoms with Crippen LogP contribution in [-0.2, 0) is 10.0 Å². The lowest BCUT2D eigenvalue weighted by Gasteiger charge is -2.13. The molecular weight excluding hydrogens is 456 g/mol. The Balaban J connectivity index is 1.68. The number of imidazole rings is 1. The molecule has 4 aromatic rings. The van der Waals surface area contributed by atoms with Gasteiger partial charge in [-0.2, -0.15) is 0 Å². The molecule has 9 heteroatoms. The Labute approximate surface area is 176 Å². The third-order valence-corrected chi connectivity index (χ3v) is 6.04. The van der Waals surface area contributed by atoms with Crippen LogP contribution >= 0.6 is 15.9 Å². The third-order valence-electron chi connectivity index (χ3n) is 4.14. The first kappa shape index (κ1) is 19.4. The zero-order valence-corrected chi connectivity index (χ0v) is 17.8. The molecule has 0 saturated carbocycles. The summed E-state index contributed by atoms with van der Waals surface area (Å²) in [4.78, 5) is 8.75. The van der Waals surface area contributed by atoms with Crippen molar-refractivity contribution in [3.8, 4) is 17.0 Å².